The Kier molecular flexibility index (Phi) is 8.34. The number of rotatable bonds is 10. The van der Waals surface area contributed by atoms with Gasteiger partial charge in [-0.05, 0) is 87.4 Å². The summed E-state index contributed by atoms with van der Waals surface area (Å²) in [6.07, 6.45) is 3.85. The number of aryl methyl sites for hydroxylation is 1. The lowest BCUT2D eigenvalue weighted by Crippen LogP contribution is -2.23. The van der Waals surface area contributed by atoms with E-state index in [2.05, 4.69) is 20.1 Å². The first-order chi connectivity index (χ1) is 19.9. The van der Waals surface area contributed by atoms with E-state index in [0.29, 0.717) is 23.6 Å². The number of hydrogen-bond acceptors (Lipinski definition) is 7. The topological polar surface area (TPSA) is 118 Å². The first-order valence-electron chi connectivity index (χ1n) is 13.4. The van der Waals surface area contributed by atoms with Gasteiger partial charge in [-0.3, -0.25) is 9.52 Å². The van der Waals surface area contributed by atoms with Crippen molar-refractivity contribution < 1.29 is 17.9 Å². The number of benzene rings is 3. The molecule has 212 valence electrons. The quantitative estimate of drug-likeness (QED) is 0.209. The SMILES string of the molecule is CCOc1ccc(S(=O)(=O)Nc2ccc(C(=O)N/N=C\c3c(C)nn(-c4ccccc4)c3N3CCCC3)cc2)cc1. The van der Waals surface area contributed by atoms with Gasteiger partial charge in [-0.2, -0.15) is 10.2 Å². The zero-order valence-electron chi connectivity index (χ0n) is 22.9. The molecule has 4 aromatic rings. The number of nitrogens with one attached hydrogen (secondary N) is 2. The average Bonchev–Trinajstić information content (AvgIpc) is 3.62. The number of aromatic nitrogens is 2. The number of sulfonamides is 1. The third-order valence-electron chi connectivity index (χ3n) is 6.69. The van der Waals surface area contributed by atoms with Crippen LogP contribution < -0.4 is 19.8 Å². The Labute approximate surface area is 239 Å². The standard InChI is InChI=1S/C30H32N6O4S/c1-3-40-26-15-17-27(18-16-26)41(38,39)34-24-13-11-23(12-14-24)29(37)32-31-21-28-22(2)33-36(25-9-5-4-6-10-25)30(28)35-19-7-8-20-35/h4-6,9-18,21,34H,3,7-8,19-20H2,1-2H3,(H,32,37)/b31-21-. The molecule has 0 radical (unpaired) electrons. The van der Waals surface area contributed by atoms with E-state index in [1.165, 1.54) is 36.4 Å². The third kappa shape index (κ3) is 6.41. The van der Waals surface area contributed by atoms with Gasteiger partial charge in [-0.15, -0.1) is 0 Å². The molecule has 2 heterocycles. The van der Waals surface area contributed by atoms with Crippen LogP contribution in [0, 0.1) is 6.92 Å². The maximum atomic E-state index is 12.8. The smallest absolute Gasteiger partial charge is 0.271 e. The summed E-state index contributed by atoms with van der Waals surface area (Å²) >= 11 is 0. The number of carbonyl (C=O) groups excluding carboxylic acids is 1. The van der Waals surface area contributed by atoms with Gasteiger partial charge in [0.15, 0.2) is 0 Å². The van der Waals surface area contributed by atoms with Crippen molar-refractivity contribution in [3.63, 3.8) is 0 Å². The second-order valence-electron chi connectivity index (χ2n) is 9.55. The molecule has 0 unspecified atom stereocenters. The zero-order chi connectivity index (χ0) is 28.8. The van der Waals surface area contributed by atoms with Gasteiger partial charge in [0.2, 0.25) is 0 Å². The summed E-state index contributed by atoms with van der Waals surface area (Å²) in [7, 11) is -3.80. The molecule has 11 heteroatoms. The number of carbonyl (C=O) groups is 1. The van der Waals surface area contributed by atoms with Crippen molar-refractivity contribution >= 4 is 33.7 Å². The normalized spacial score (nSPS) is 13.5. The van der Waals surface area contributed by atoms with Crippen LogP contribution in [0.2, 0.25) is 0 Å². The summed E-state index contributed by atoms with van der Waals surface area (Å²) < 4.78 is 35.3. The molecule has 10 nitrogen and oxygen atoms in total. The van der Waals surface area contributed by atoms with Crippen LogP contribution >= 0.6 is 0 Å². The predicted molar refractivity (Wildman–Crippen MR) is 160 cm³/mol. The molecule has 1 aliphatic heterocycles. The zero-order valence-corrected chi connectivity index (χ0v) is 23.8. The highest BCUT2D eigenvalue weighted by molar-refractivity contribution is 7.92. The molecule has 1 saturated heterocycles. The molecular weight excluding hydrogens is 540 g/mol. The average molecular weight is 573 g/mol. The summed E-state index contributed by atoms with van der Waals surface area (Å²) in [6, 6.07) is 22.3. The third-order valence-corrected chi connectivity index (χ3v) is 8.09. The molecule has 1 fully saturated rings. The van der Waals surface area contributed by atoms with E-state index >= 15 is 0 Å². The summed E-state index contributed by atoms with van der Waals surface area (Å²) in [5.41, 5.74) is 5.85. The Morgan fingerprint density at radius 2 is 1.68 bits per heavy atom. The van der Waals surface area contributed by atoms with Crippen LogP contribution in [0.3, 0.4) is 0 Å². The molecule has 41 heavy (non-hydrogen) atoms. The number of amides is 1. The van der Waals surface area contributed by atoms with Crippen LogP contribution in [0.4, 0.5) is 11.5 Å². The minimum atomic E-state index is -3.80. The van der Waals surface area contributed by atoms with E-state index in [9.17, 15) is 13.2 Å². The largest absolute Gasteiger partial charge is 0.494 e. The molecule has 1 aliphatic rings. The molecule has 2 N–H and O–H groups in total. The maximum absolute atomic E-state index is 12.8. The highest BCUT2D eigenvalue weighted by atomic mass is 32.2. The van der Waals surface area contributed by atoms with Crippen molar-refractivity contribution in [1.82, 2.24) is 15.2 Å². The second kappa shape index (κ2) is 12.3. The van der Waals surface area contributed by atoms with Gasteiger partial charge < -0.3 is 9.64 Å². The highest BCUT2D eigenvalue weighted by Gasteiger charge is 2.23. The molecule has 0 bridgehead atoms. The molecule has 5 rings (SSSR count). The molecule has 0 aliphatic carbocycles. The lowest BCUT2D eigenvalue weighted by molar-refractivity contribution is 0.0955. The first-order valence-corrected chi connectivity index (χ1v) is 14.9. The number of ether oxygens (including phenoxy) is 1. The summed E-state index contributed by atoms with van der Waals surface area (Å²) in [5, 5.41) is 9.00. The Bertz CT molecular complexity index is 1630. The molecule has 0 atom stereocenters. The van der Waals surface area contributed by atoms with Crippen LogP contribution in [0.5, 0.6) is 5.75 Å². The number of anilines is 2. The van der Waals surface area contributed by atoms with Crippen LogP contribution in [-0.4, -0.2) is 50.0 Å². The van der Waals surface area contributed by atoms with Crippen LogP contribution in [0.25, 0.3) is 5.69 Å². The molecule has 0 saturated carbocycles. The molecule has 0 spiro atoms. The van der Waals surface area contributed by atoms with Gasteiger partial charge in [0, 0.05) is 24.3 Å². The fraction of sp³-hybridized carbons (Fsp3) is 0.233. The van der Waals surface area contributed by atoms with E-state index in [0.717, 1.165) is 48.7 Å². The van der Waals surface area contributed by atoms with Gasteiger partial charge in [-0.1, -0.05) is 18.2 Å². The van der Waals surface area contributed by atoms with E-state index in [1.807, 2.05) is 48.9 Å². The van der Waals surface area contributed by atoms with Crippen LogP contribution in [-0.2, 0) is 10.0 Å². The van der Waals surface area contributed by atoms with Gasteiger partial charge in [-0.25, -0.2) is 18.5 Å². The van der Waals surface area contributed by atoms with Crippen molar-refractivity contribution in [2.75, 3.05) is 29.3 Å². The van der Waals surface area contributed by atoms with Crippen molar-refractivity contribution in [1.29, 1.82) is 0 Å². The fourth-order valence-corrected chi connectivity index (χ4v) is 5.72. The van der Waals surface area contributed by atoms with Crippen molar-refractivity contribution in [2.24, 2.45) is 5.10 Å². The van der Waals surface area contributed by atoms with Gasteiger partial charge in [0.05, 0.1) is 34.7 Å². The fourth-order valence-electron chi connectivity index (χ4n) is 4.67. The molecule has 3 aromatic carbocycles. The van der Waals surface area contributed by atoms with Crippen molar-refractivity contribution in [3.05, 3.63) is 95.7 Å². The molecule has 1 amide bonds. The lowest BCUT2D eigenvalue weighted by Gasteiger charge is -2.20. The Hall–Kier alpha value is -4.64. The number of nitrogens with zero attached hydrogens (tertiary/aromatic N) is 4. The highest BCUT2D eigenvalue weighted by Crippen LogP contribution is 2.29. The van der Waals surface area contributed by atoms with E-state index in [1.54, 1.807) is 18.3 Å². The van der Waals surface area contributed by atoms with E-state index in [4.69, 9.17) is 9.84 Å². The number of para-hydroxylation sites is 1. The Morgan fingerprint density at radius 1 is 1.00 bits per heavy atom. The van der Waals surface area contributed by atoms with Crippen LogP contribution in [0.15, 0.2) is 88.9 Å². The van der Waals surface area contributed by atoms with Crippen LogP contribution in [0.1, 0.15) is 41.4 Å². The first kappa shape index (κ1) is 27.9. The predicted octanol–water partition coefficient (Wildman–Crippen LogP) is 4.74. The summed E-state index contributed by atoms with van der Waals surface area (Å²) in [6.45, 7) is 6.14. The Balaban J connectivity index is 1.27. The minimum Gasteiger partial charge on any atom is -0.494 e. The van der Waals surface area contributed by atoms with E-state index in [-0.39, 0.29) is 4.90 Å². The van der Waals surface area contributed by atoms with E-state index < -0.39 is 15.9 Å². The number of hydrazone groups is 1. The van der Waals surface area contributed by atoms with Gasteiger partial charge in [0.1, 0.15) is 11.6 Å². The van der Waals surface area contributed by atoms with Crippen molar-refractivity contribution in [2.45, 2.75) is 31.6 Å². The summed E-state index contributed by atoms with van der Waals surface area (Å²) in [5.74, 6) is 1.13. The molecular formula is C30H32N6O4S. The lowest BCUT2D eigenvalue weighted by atomic mass is 10.2. The van der Waals surface area contributed by atoms with Gasteiger partial charge >= 0.3 is 0 Å². The minimum absolute atomic E-state index is 0.108. The molecule has 1 aromatic heterocycles. The Morgan fingerprint density at radius 3 is 2.34 bits per heavy atom. The van der Waals surface area contributed by atoms with Gasteiger partial charge in [0.25, 0.3) is 15.9 Å². The monoisotopic (exact) mass is 572 g/mol. The van der Waals surface area contributed by atoms with Crippen molar-refractivity contribution in [3.8, 4) is 11.4 Å². The maximum Gasteiger partial charge on any atom is 0.271 e. The number of hydrogen-bond donors (Lipinski definition) is 2. The second-order valence-corrected chi connectivity index (χ2v) is 11.2. The summed E-state index contributed by atoms with van der Waals surface area (Å²) in [4.78, 5) is 15.2.